The van der Waals surface area contributed by atoms with Crippen LogP contribution in [0.2, 0.25) is 0 Å². The zero-order chi connectivity index (χ0) is 17.4. The molecule has 0 bridgehead atoms. The molecule has 1 fully saturated rings. The molecule has 1 amide bonds. The highest BCUT2D eigenvalue weighted by Crippen LogP contribution is 2.28. The van der Waals surface area contributed by atoms with Gasteiger partial charge in [-0.1, -0.05) is 19.1 Å². The Labute approximate surface area is 146 Å². The van der Waals surface area contributed by atoms with Gasteiger partial charge in [0.1, 0.15) is 11.6 Å². The summed E-state index contributed by atoms with van der Waals surface area (Å²) in [5.74, 6) is 1.81. The maximum Gasteiger partial charge on any atom is 0.276 e. The molecule has 25 heavy (non-hydrogen) atoms. The number of rotatable bonds is 3. The lowest BCUT2D eigenvalue weighted by molar-refractivity contribution is 0.0697. The third-order valence-corrected chi connectivity index (χ3v) is 4.99. The van der Waals surface area contributed by atoms with Crippen molar-refractivity contribution >= 4 is 16.9 Å². The Balaban J connectivity index is 1.58. The van der Waals surface area contributed by atoms with Gasteiger partial charge in [0.2, 0.25) is 0 Å². The van der Waals surface area contributed by atoms with E-state index in [9.17, 15) is 4.79 Å². The Morgan fingerprint density at radius 2 is 2.32 bits per heavy atom. The van der Waals surface area contributed by atoms with Crippen molar-refractivity contribution < 1.29 is 9.21 Å². The van der Waals surface area contributed by atoms with Crippen molar-refractivity contribution in [2.75, 3.05) is 13.1 Å². The lowest BCUT2D eigenvalue weighted by atomic mass is 9.97. The smallest absolute Gasteiger partial charge is 0.276 e. The molecule has 3 aromatic rings. The summed E-state index contributed by atoms with van der Waals surface area (Å²) in [5.41, 5.74) is 3.69. The lowest BCUT2D eigenvalue weighted by Gasteiger charge is -2.31. The van der Waals surface area contributed by atoms with Crippen LogP contribution in [0.3, 0.4) is 0 Å². The first-order chi connectivity index (χ1) is 12.2. The minimum atomic E-state index is -0.0393. The molecule has 0 radical (unpaired) electrons. The molecule has 0 aliphatic carbocycles. The molecule has 1 N–H and O–H groups in total. The Bertz CT molecular complexity index is 911. The first-order valence-electron chi connectivity index (χ1n) is 8.84. The van der Waals surface area contributed by atoms with Crippen LogP contribution >= 0.6 is 0 Å². The number of carbonyl (C=O) groups excluding carboxylic acids is 1. The molecule has 0 spiro atoms. The zero-order valence-corrected chi connectivity index (χ0v) is 14.6. The maximum absolute atomic E-state index is 12.8. The first-order valence-corrected chi connectivity index (χ1v) is 8.84. The van der Waals surface area contributed by atoms with Crippen LogP contribution in [0, 0.1) is 6.92 Å². The zero-order valence-electron chi connectivity index (χ0n) is 14.6. The van der Waals surface area contributed by atoms with Crippen LogP contribution in [-0.4, -0.2) is 38.8 Å². The Morgan fingerprint density at radius 1 is 1.44 bits per heavy atom. The SMILES string of the molecule is CCc1ocnc1C(=O)N1CCCC(c2nc3c(C)cccc3[nH]2)C1. The lowest BCUT2D eigenvalue weighted by Crippen LogP contribution is -2.39. The predicted octanol–water partition coefficient (Wildman–Crippen LogP) is 3.44. The molecule has 130 valence electrons. The van der Waals surface area contributed by atoms with Crippen molar-refractivity contribution in [3.8, 4) is 0 Å². The first kappa shape index (κ1) is 15.9. The number of fused-ring (bicyclic) bond motifs is 1. The van der Waals surface area contributed by atoms with Gasteiger partial charge in [0.05, 0.1) is 11.0 Å². The number of aromatic amines is 1. The normalized spacial score (nSPS) is 18.0. The van der Waals surface area contributed by atoms with E-state index in [0.29, 0.717) is 24.4 Å². The molecule has 3 heterocycles. The van der Waals surface area contributed by atoms with Crippen LogP contribution in [0.25, 0.3) is 11.0 Å². The van der Waals surface area contributed by atoms with Crippen molar-refractivity contribution in [1.29, 1.82) is 0 Å². The topological polar surface area (TPSA) is 75.0 Å². The summed E-state index contributed by atoms with van der Waals surface area (Å²) >= 11 is 0. The summed E-state index contributed by atoms with van der Waals surface area (Å²) in [6.07, 6.45) is 4.02. The molecule has 1 aromatic carbocycles. The van der Waals surface area contributed by atoms with E-state index in [-0.39, 0.29) is 11.8 Å². The van der Waals surface area contributed by atoms with Crippen LogP contribution < -0.4 is 0 Å². The second kappa shape index (κ2) is 6.35. The van der Waals surface area contributed by atoms with Crippen LogP contribution in [0.1, 0.15) is 53.3 Å². The Hall–Kier alpha value is -2.63. The maximum atomic E-state index is 12.8. The fraction of sp³-hybridized carbons (Fsp3) is 0.421. The number of nitrogens with one attached hydrogen (secondary N) is 1. The van der Waals surface area contributed by atoms with E-state index in [0.717, 1.165) is 36.2 Å². The molecule has 1 unspecified atom stereocenters. The van der Waals surface area contributed by atoms with Gasteiger partial charge in [0.25, 0.3) is 5.91 Å². The fourth-order valence-electron chi connectivity index (χ4n) is 3.62. The van der Waals surface area contributed by atoms with Gasteiger partial charge in [-0.3, -0.25) is 4.79 Å². The standard InChI is InChI=1S/C19H22N4O2/c1-3-15-17(20-11-25-15)19(24)23-9-5-7-13(10-23)18-21-14-8-4-6-12(2)16(14)22-18/h4,6,8,11,13H,3,5,7,9-10H2,1-2H3,(H,21,22). The molecule has 1 aliphatic heterocycles. The van der Waals surface area contributed by atoms with Crippen molar-refractivity contribution in [3.63, 3.8) is 0 Å². The third-order valence-electron chi connectivity index (χ3n) is 4.99. The molecule has 6 heteroatoms. The van der Waals surface area contributed by atoms with Gasteiger partial charge in [0, 0.05) is 25.4 Å². The number of imidazole rings is 1. The summed E-state index contributed by atoms with van der Waals surface area (Å²) in [5, 5.41) is 0. The quantitative estimate of drug-likeness (QED) is 0.794. The highest BCUT2D eigenvalue weighted by molar-refractivity contribution is 5.93. The summed E-state index contributed by atoms with van der Waals surface area (Å²) < 4.78 is 5.31. The molecule has 1 saturated heterocycles. The second-order valence-corrected chi connectivity index (χ2v) is 6.66. The predicted molar refractivity (Wildman–Crippen MR) is 94.6 cm³/mol. The number of hydrogen-bond acceptors (Lipinski definition) is 4. The molecule has 6 nitrogen and oxygen atoms in total. The number of piperidine rings is 1. The van der Waals surface area contributed by atoms with E-state index >= 15 is 0 Å². The van der Waals surface area contributed by atoms with Crippen LogP contribution in [-0.2, 0) is 6.42 Å². The number of aromatic nitrogens is 3. The number of benzene rings is 1. The summed E-state index contributed by atoms with van der Waals surface area (Å²) in [4.78, 5) is 27.1. The van der Waals surface area contributed by atoms with Gasteiger partial charge in [-0.05, 0) is 31.4 Å². The van der Waals surface area contributed by atoms with E-state index in [1.807, 2.05) is 24.0 Å². The van der Waals surface area contributed by atoms with Gasteiger partial charge < -0.3 is 14.3 Å². The van der Waals surface area contributed by atoms with Crippen molar-refractivity contribution in [1.82, 2.24) is 19.9 Å². The monoisotopic (exact) mass is 338 g/mol. The van der Waals surface area contributed by atoms with Crippen molar-refractivity contribution in [2.24, 2.45) is 0 Å². The number of para-hydroxylation sites is 1. The second-order valence-electron chi connectivity index (χ2n) is 6.66. The highest BCUT2D eigenvalue weighted by Gasteiger charge is 2.29. The summed E-state index contributed by atoms with van der Waals surface area (Å²) in [6.45, 7) is 5.45. The molecule has 4 rings (SSSR count). The minimum Gasteiger partial charge on any atom is -0.448 e. The van der Waals surface area contributed by atoms with Gasteiger partial charge in [-0.2, -0.15) is 0 Å². The molecule has 0 saturated carbocycles. The largest absolute Gasteiger partial charge is 0.448 e. The van der Waals surface area contributed by atoms with Crippen LogP contribution in [0.5, 0.6) is 0 Å². The van der Waals surface area contributed by atoms with Crippen molar-refractivity contribution in [3.05, 3.63) is 47.4 Å². The number of H-pyrrole nitrogens is 1. The van der Waals surface area contributed by atoms with E-state index in [4.69, 9.17) is 9.40 Å². The number of oxazole rings is 1. The molecule has 1 aliphatic rings. The molecule has 2 aromatic heterocycles. The third kappa shape index (κ3) is 2.81. The fourth-order valence-corrected chi connectivity index (χ4v) is 3.62. The number of nitrogens with zero attached hydrogens (tertiary/aromatic N) is 3. The van der Waals surface area contributed by atoms with Gasteiger partial charge in [-0.25, -0.2) is 9.97 Å². The molecular formula is C19H22N4O2. The van der Waals surface area contributed by atoms with E-state index in [1.165, 1.54) is 12.0 Å². The number of carbonyl (C=O) groups is 1. The summed E-state index contributed by atoms with van der Waals surface area (Å²) in [7, 11) is 0. The highest BCUT2D eigenvalue weighted by atomic mass is 16.3. The molecule has 1 atom stereocenters. The number of aryl methyl sites for hydroxylation is 2. The summed E-state index contributed by atoms with van der Waals surface area (Å²) in [6, 6.07) is 6.15. The number of hydrogen-bond donors (Lipinski definition) is 1. The van der Waals surface area contributed by atoms with Gasteiger partial charge in [-0.15, -0.1) is 0 Å². The van der Waals surface area contributed by atoms with E-state index < -0.39 is 0 Å². The van der Waals surface area contributed by atoms with Crippen LogP contribution in [0.4, 0.5) is 0 Å². The van der Waals surface area contributed by atoms with E-state index in [2.05, 4.69) is 23.0 Å². The Morgan fingerprint density at radius 3 is 3.12 bits per heavy atom. The number of likely N-dealkylation sites (tertiary alicyclic amines) is 1. The van der Waals surface area contributed by atoms with E-state index in [1.54, 1.807) is 0 Å². The average molecular weight is 338 g/mol. The number of amides is 1. The minimum absolute atomic E-state index is 0.0393. The van der Waals surface area contributed by atoms with Gasteiger partial charge in [0.15, 0.2) is 12.1 Å². The van der Waals surface area contributed by atoms with Crippen molar-refractivity contribution in [2.45, 2.75) is 39.0 Å². The average Bonchev–Trinajstić information content (AvgIpc) is 3.28. The van der Waals surface area contributed by atoms with Gasteiger partial charge >= 0.3 is 0 Å². The molecular weight excluding hydrogens is 316 g/mol. The Kier molecular flexibility index (Phi) is 4.03. The van der Waals surface area contributed by atoms with Crippen LogP contribution in [0.15, 0.2) is 29.0 Å².